The number of hydrogen-bond acceptors (Lipinski definition) is 2. The maximum atomic E-state index is 12.6. The zero-order chi connectivity index (χ0) is 15.3. The van der Waals surface area contributed by atoms with Crippen LogP contribution >= 0.6 is 15.9 Å². The Labute approximate surface area is 134 Å². The lowest BCUT2D eigenvalue weighted by molar-refractivity contribution is 0.858. The SMILES string of the molecule is Cc1ccc(-n2nc3c4ccc(Br)cc4[nH]cc-3c2=O)cc1. The highest BCUT2D eigenvalue weighted by molar-refractivity contribution is 9.10. The van der Waals surface area contributed by atoms with Crippen LogP contribution in [-0.2, 0) is 0 Å². The fraction of sp³-hybridized carbons (Fsp3) is 0.0588. The van der Waals surface area contributed by atoms with Crippen molar-refractivity contribution in [1.29, 1.82) is 0 Å². The summed E-state index contributed by atoms with van der Waals surface area (Å²) in [5, 5.41) is 5.47. The predicted molar refractivity (Wildman–Crippen MR) is 90.7 cm³/mol. The van der Waals surface area contributed by atoms with E-state index in [-0.39, 0.29) is 5.56 Å². The second-order valence-corrected chi connectivity index (χ2v) is 6.21. The van der Waals surface area contributed by atoms with Gasteiger partial charge in [0.1, 0.15) is 5.69 Å². The Morgan fingerprint density at radius 2 is 1.91 bits per heavy atom. The van der Waals surface area contributed by atoms with Crippen LogP contribution in [0.3, 0.4) is 0 Å². The van der Waals surface area contributed by atoms with Crippen LogP contribution in [0.2, 0.25) is 0 Å². The summed E-state index contributed by atoms with van der Waals surface area (Å²) in [4.78, 5) is 15.8. The van der Waals surface area contributed by atoms with E-state index in [4.69, 9.17) is 0 Å². The van der Waals surface area contributed by atoms with E-state index in [2.05, 4.69) is 26.0 Å². The number of benzene rings is 2. The fourth-order valence-corrected chi connectivity index (χ4v) is 2.96. The molecule has 22 heavy (non-hydrogen) atoms. The quantitative estimate of drug-likeness (QED) is 0.564. The summed E-state index contributed by atoms with van der Waals surface area (Å²) in [6.07, 6.45) is 1.73. The minimum Gasteiger partial charge on any atom is -0.360 e. The number of rotatable bonds is 1. The molecule has 108 valence electrons. The van der Waals surface area contributed by atoms with Crippen molar-refractivity contribution in [3.05, 3.63) is 69.1 Å². The van der Waals surface area contributed by atoms with Gasteiger partial charge in [-0.25, -0.2) is 0 Å². The second kappa shape index (κ2) is 4.81. The molecule has 0 aliphatic carbocycles. The molecule has 0 saturated heterocycles. The number of fused-ring (bicyclic) bond motifs is 3. The Hall–Kier alpha value is -2.40. The van der Waals surface area contributed by atoms with Gasteiger partial charge in [0.2, 0.25) is 0 Å². The van der Waals surface area contributed by atoms with Crippen LogP contribution in [0.25, 0.3) is 27.8 Å². The van der Waals surface area contributed by atoms with Crippen LogP contribution in [-0.4, -0.2) is 14.8 Å². The number of halogens is 1. The molecule has 2 heterocycles. The maximum Gasteiger partial charge on any atom is 0.282 e. The van der Waals surface area contributed by atoms with Gasteiger partial charge in [0.25, 0.3) is 5.56 Å². The van der Waals surface area contributed by atoms with Crippen molar-refractivity contribution in [1.82, 2.24) is 14.8 Å². The molecule has 2 aromatic rings. The number of aryl methyl sites for hydroxylation is 1. The molecule has 0 unspecified atom stereocenters. The van der Waals surface area contributed by atoms with Crippen molar-refractivity contribution in [2.24, 2.45) is 0 Å². The van der Waals surface area contributed by atoms with Gasteiger partial charge in [-0.15, -0.1) is 0 Å². The molecule has 4 nitrogen and oxygen atoms in total. The minimum absolute atomic E-state index is 0.111. The van der Waals surface area contributed by atoms with Crippen LogP contribution in [0.1, 0.15) is 5.56 Å². The number of nitrogens with one attached hydrogen (secondary N) is 1. The first-order valence-corrected chi connectivity index (χ1v) is 7.69. The Morgan fingerprint density at radius 3 is 2.68 bits per heavy atom. The Balaban J connectivity index is 2.03. The number of aromatic nitrogens is 3. The van der Waals surface area contributed by atoms with Gasteiger partial charge in [0.15, 0.2) is 0 Å². The first kappa shape index (κ1) is 13.3. The van der Waals surface area contributed by atoms with Gasteiger partial charge in [-0.3, -0.25) is 4.79 Å². The smallest absolute Gasteiger partial charge is 0.282 e. The summed E-state index contributed by atoms with van der Waals surface area (Å²) in [6.45, 7) is 2.02. The van der Waals surface area contributed by atoms with E-state index in [1.54, 1.807) is 6.20 Å². The lowest BCUT2D eigenvalue weighted by Crippen LogP contribution is -2.14. The number of hydrogen-bond donors (Lipinski definition) is 1. The van der Waals surface area contributed by atoms with Gasteiger partial charge in [0.05, 0.1) is 11.3 Å². The summed E-state index contributed by atoms with van der Waals surface area (Å²) in [5.74, 6) is 0. The van der Waals surface area contributed by atoms with Crippen LogP contribution in [0.5, 0.6) is 0 Å². The van der Waals surface area contributed by atoms with E-state index in [1.807, 2.05) is 49.4 Å². The molecule has 1 N–H and O–H groups in total. The molecular formula is C17H12BrN3O. The molecule has 0 spiro atoms. The normalized spacial score (nSPS) is 11.4. The molecule has 0 fully saturated rings. The first-order chi connectivity index (χ1) is 10.6. The third kappa shape index (κ3) is 1.97. The molecule has 0 atom stereocenters. The summed E-state index contributed by atoms with van der Waals surface area (Å²) >= 11 is 3.45. The van der Waals surface area contributed by atoms with Crippen LogP contribution < -0.4 is 5.56 Å². The fourth-order valence-electron chi connectivity index (χ4n) is 2.60. The Kier molecular flexibility index (Phi) is 2.90. The molecule has 0 bridgehead atoms. The lowest BCUT2D eigenvalue weighted by atomic mass is 10.1. The van der Waals surface area contributed by atoms with Gasteiger partial charge >= 0.3 is 0 Å². The van der Waals surface area contributed by atoms with Crippen LogP contribution in [0.4, 0.5) is 0 Å². The molecule has 2 aliphatic rings. The van der Waals surface area contributed by atoms with Gasteiger partial charge < -0.3 is 4.98 Å². The summed E-state index contributed by atoms with van der Waals surface area (Å²) < 4.78 is 2.44. The molecule has 5 heteroatoms. The highest BCUT2D eigenvalue weighted by Crippen LogP contribution is 2.27. The molecule has 4 rings (SSSR count). The molecule has 0 saturated carbocycles. The molecule has 0 amide bonds. The van der Waals surface area contributed by atoms with Crippen molar-refractivity contribution in [3.8, 4) is 16.9 Å². The van der Waals surface area contributed by atoms with Crippen LogP contribution in [0.15, 0.2) is 57.9 Å². The van der Waals surface area contributed by atoms with E-state index < -0.39 is 0 Å². The number of nitrogens with zero attached hydrogens (tertiary/aromatic N) is 2. The largest absolute Gasteiger partial charge is 0.360 e. The summed E-state index contributed by atoms with van der Waals surface area (Å²) in [6, 6.07) is 13.7. The third-order valence-corrected chi connectivity index (χ3v) is 4.26. The Morgan fingerprint density at radius 1 is 1.14 bits per heavy atom. The van der Waals surface area contributed by atoms with Gasteiger partial charge in [-0.05, 0) is 37.3 Å². The van der Waals surface area contributed by atoms with E-state index >= 15 is 0 Å². The Bertz CT molecular complexity index is 1010. The van der Waals surface area contributed by atoms with Gasteiger partial charge in [0, 0.05) is 21.6 Å². The average Bonchev–Trinajstić information content (AvgIpc) is 2.85. The monoisotopic (exact) mass is 353 g/mol. The van der Waals surface area contributed by atoms with E-state index in [0.29, 0.717) is 11.3 Å². The van der Waals surface area contributed by atoms with Crippen molar-refractivity contribution in [3.63, 3.8) is 0 Å². The third-order valence-electron chi connectivity index (χ3n) is 3.77. The van der Waals surface area contributed by atoms with Crippen molar-refractivity contribution in [2.75, 3.05) is 0 Å². The van der Waals surface area contributed by atoms with E-state index in [9.17, 15) is 4.79 Å². The highest BCUT2D eigenvalue weighted by Gasteiger charge is 2.18. The van der Waals surface area contributed by atoms with Crippen molar-refractivity contribution in [2.45, 2.75) is 6.92 Å². The first-order valence-electron chi connectivity index (χ1n) is 6.90. The zero-order valence-electron chi connectivity index (χ0n) is 11.8. The average molecular weight is 354 g/mol. The predicted octanol–water partition coefficient (Wildman–Crippen LogP) is 3.89. The lowest BCUT2D eigenvalue weighted by Gasteiger charge is -2.02. The molecule has 2 aliphatic heterocycles. The number of pyridine rings is 1. The minimum atomic E-state index is -0.111. The molecule has 2 aromatic carbocycles. The molecular weight excluding hydrogens is 342 g/mol. The van der Waals surface area contributed by atoms with Gasteiger partial charge in [-0.2, -0.15) is 9.78 Å². The van der Waals surface area contributed by atoms with E-state index in [1.165, 1.54) is 4.68 Å². The topological polar surface area (TPSA) is 50.7 Å². The number of aromatic amines is 1. The highest BCUT2D eigenvalue weighted by atomic mass is 79.9. The van der Waals surface area contributed by atoms with Crippen molar-refractivity contribution < 1.29 is 0 Å². The van der Waals surface area contributed by atoms with Crippen molar-refractivity contribution >= 4 is 26.8 Å². The second-order valence-electron chi connectivity index (χ2n) is 5.29. The maximum absolute atomic E-state index is 12.6. The van der Waals surface area contributed by atoms with Crippen LogP contribution in [0, 0.1) is 6.92 Å². The standard InChI is InChI=1S/C17H12BrN3O/c1-10-2-5-12(6-3-10)21-17(22)14-9-19-15-8-11(18)4-7-13(15)16(14)20-21/h2-9,19H,1H3. The van der Waals surface area contributed by atoms with E-state index in [0.717, 1.165) is 26.6 Å². The molecule has 0 aromatic heterocycles. The molecule has 0 radical (unpaired) electrons. The van der Waals surface area contributed by atoms with Gasteiger partial charge in [-0.1, -0.05) is 33.6 Å². The summed E-state index contributed by atoms with van der Waals surface area (Å²) in [7, 11) is 0. The number of H-pyrrole nitrogens is 1. The zero-order valence-corrected chi connectivity index (χ0v) is 13.4. The summed E-state index contributed by atoms with van der Waals surface area (Å²) in [5.41, 5.74) is 4.06.